The van der Waals surface area contributed by atoms with E-state index in [9.17, 15) is 13.2 Å². The van der Waals surface area contributed by atoms with Gasteiger partial charge in [0.2, 0.25) is 10.0 Å². The molecule has 0 spiro atoms. The van der Waals surface area contributed by atoms with Crippen molar-refractivity contribution in [1.29, 1.82) is 0 Å². The van der Waals surface area contributed by atoms with Gasteiger partial charge in [-0.1, -0.05) is 18.2 Å². The van der Waals surface area contributed by atoms with Crippen LogP contribution in [0.25, 0.3) is 10.2 Å². The van der Waals surface area contributed by atoms with E-state index in [1.807, 2.05) is 24.3 Å². The van der Waals surface area contributed by atoms with E-state index in [1.54, 1.807) is 36.5 Å². The second kappa shape index (κ2) is 9.64. The molecule has 0 atom stereocenters. The molecule has 0 unspecified atom stereocenters. The lowest BCUT2D eigenvalue weighted by Gasteiger charge is -2.11. The number of aryl methyl sites for hydroxylation is 2. The van der Waals surface area contributed by atoms with Gasteiger partial charge in [0.15, 0.2) is 0 Å². The molecule has 9 heteroatoms. The van der Waals surface area contributed by atoms with Gasteiger partial charge >= 0.3 is 0 Å². The van der Waals surface area contributed by atoms with E-state index >= 15 is 0 Å². The minimum absolute atomic E-state index is 0.0364. The second-order valence-electron chi connectivity index (χ2n) is 7.32. The Bertz CT molecular complexity index is 1300. The van der Waals surface area contributed by atoms with Gasteiger partial charge < -0.3 is 9.73 Å². The van der Waals surface area contributed by atoms with Gasteiger partial charge in [0, 0.05) is 18.5 Å². The Kier molecular flexibility index (Phi) is 6.69. The highest BCUT2D eigenvalue weighted by Gasteiger charge is 2.18. The Morgan fingerprint density at radius 3 is 2.75 bits per heavy atom. The Morgan fingerprint density at radius 1 is 1.12 bits per heavy atom. The third-order valence-electron chi connectivity index (χ3n) is 4.97. The van der Waals surface area contributed by atoms with Gasteiger partial charge in [0.1, 0.15) is 5.76 Å². The number of benzene rings is 2. The molecule has 4 rings (SSSR count). The molecule has 2 N–H and O–H groups in total. The summed E-state index contributed by atoms with van der Waals surface area (Å²) in [6.07, 6.45) is 2.99. The number of carbonyl (C=O) groups is 1. The first-order valence-electron chi connectivity index (χ1n) is 10.2. The predicted molar refractivity (Wildman–Crippen MR) is 124 cm³/mol. The lowest BCUT2D eigenvalue weighted by molar-refractivity contribution is 0.0952. The van der Waals surface area contributed by atoms with Crippen LogP contribution in [-0.2, 0) is 23.0 Å². The van der Waals surface area contributed by atoms with E-state index in [4.69, 9.17) is 4.42 Å². The molecular formula is C23H23N3O4S2. The maximum atomic E-state index is 12.7. The van der Waals surface area contributed by atoms with Crippen LogP contribution < -0.4 is 10.0 Å². The quantitative estimate of drug-likeness (QED) is 0.360. The zero-order chi connectivity index (χ0) is 22.6. The molecule has 0 fully saturated rings. The van der Waals surface area contributed by atoms with Crippen molar-refractivity contribution in [2.24, 2.45) is 0 Å². The number of furan rings is 1. The van der Waals surface area contributed by atoms with Gasteiger partial charge in [-0.25, -0.2) is 18.1 Å². The number of aromatic nitrogens is 1. The van der Waals surface area contributed by atoms with E-state index in [1.165, 1.54) is 18.4 Å². The van der Waals surface area contributed by atoms with E-state index in [0.29, 0.717) is 23.4 Å². The number of hydrogen-bond acceptors (Lipinski definition) is 6. The van der Waals surface area contributed by atoms with Crippen molar-refractivity contribution in [2.45, 2.75) is 31.2 Å². The molecule has 0 saturated heterocycles. The van der Waals surface area contributed by atoms with Gasteiger partial charge in [-0.3, -0.25) is 4.79 Å². The van der Waals surface area contributed by atoms with Crippen LogP contribution in [0.5, 0.6) is 0 Å². The molecule has 1 amide bonds. The number of nitrogens with zero attached hydrogens (tertiary/aromatic N) is 1. The lowest BCUT2D eigenvalue weighted by Crippen LogP contribution is -2.27. The highest BCUT2D eigenvalue weighted by molar-refractivity contribution is 7.89. The molecule has 2 aromatic heterocycles. The van der Waals surface area contributed by atoms with Crippen LogP contribution in [0.2, 0.25) is 0 Å². The summed E-state index contributed by atoms with van der Waals surface area (Å²) >= 11 is 1.66. The minimum Gasteiger partial charge on any atom is -0.468 e. The average Bonchev–Trinajstić information content (AvgIpc) is 3.44. The molecule has 32 heavy (non-hydrogen) atoms. The first kappa shape index (κ1) is 22.2. The molecule has 2 aromatic carbocycles. The largest absolute Gasteiger partial charge is 0.468 e. The highest BCUT2D eigenvalue weighted by Crippen LogP contribution is 2.22. The Labute approximate surface area is 190 Å². The van der Waals surface area contributed by atoms with Crippen molar-refractivity contribution >= 4 is 37.5 Å². The molecule has 0 bridgehead atoms. The number of carbonyl (C=O) groups excluding carboxylic acids is 1. The van der Waals surface area contributed by atoms with Gasteiger partial charge in [-0.2, -0.15) is 0 Å². The molecule has 4 aromatic rings. The number of hydrogen-bond donors (Lipinski definition) is 2. The van der Waals surface area contributed by atoms with E-state index in [0.717, 1.165) is 28.1 Å². The number of amides is 1. The number of thiazole rings is 1. The molecule has 0 radical (unpaired) electrons. The van der Waals surface area contributed by atoms with Gasteiger partial charge in [-0.15, -0.1) is 11.3 Å². The standard InChI is InChI=1S/C23H23N3O4S2/c1-16-10-11-18(32(28,29)25-15-17-6-5-13-30-17)14-19(16)23(27)24-12-4-9-22-26-20-7-2-3-8-21(20)31-22/h2-3,5-8,10-11,13-14,25H,4,9,12,15H2,1H3,(H,24,27). The van der Waals surface area contributed by atoms with Gasteiger partial charge in [0.25, 0.3) is 5.91 Å². The third kappa shape index (κ3) is 5.24. The van der Waals surface area contributed by atoms with Gasteiger partial charge in [-0.05, 0) is 55.3 Å². The summed E-state index contributed by atoms with van der Waals surface area (Å²) in [5.41, 5.74) is 2.04. The van der Waals surface area contributed by atoms with Crippen LogP contribution in [0.1, 0.15) is 33.1 Å². The second-order valence-corrected chi connectivity index (χ2v) is 10.2. The summed E-state index contributed by atoms with van der Waals surface area (Å²) in [7, 11) is -3.78. The summed E-state index contributed by atoms with van der Waals surface area (Å²) < 4.78 is 34.0. The SMILES string of the molecule is Cc1ccc(S(=O)(=O)NCc2ccco2)cc1C(=O)NCCCc1nc2ccccc2s1. The van der Waals surface area contributed by atoms with Crippen LogP contribution in [-0.4, -0.2) is 25.9 Å². The van der Waals surface area contributed by atoms with Crippen LogP contribution >= 0.6 is 11.3 Å². The van der Waals surface area contributed by atoms with E-state index < -0.39 is 10.0 Å². The molecule has 0 aliphatic carbocycles. The number of sulfonamides is 1. The summed E-state index contributed by atoms with van der Waals surface area (Å²) in [6, 6.07) is 15.9. The number of nitrogens with one attached hydrogen (secondary N) is 2. The van der Waals surface area contributed by atoms with Crippen molar-refractivity contribution in [3.8, 4) is 0 Å². The predicted octanol–water partition coefficient (Wildman–Crippen LogP) is 4.04. The smallest absolute Gasteiger partial charge is 0.251 e. The Hall–Kier alpha value is -3.01. The first-order chi connectivity index (χ1) is 15.4. The molecule has 2 heterocycles. The molecule has 166 valence electrons. The fraction of sp³-hybridized carbons (Fsp3) is 0.217. The Balaban J connectivity index is 1.35. The molecule has 0 aliphatic rings. The van der Waals surface area contributed by atoms with Crippen LogP contribution in [0.15, 0.2) is 70.2 Å². The third-order valence-corrected chi connectivity index (χ3v) is 7.47. The summed E-state index contributed by atoms with van der Waals surface area (Å²) in [5.74, 6) is 0.210. The lowest BCUT2D eigenvalue weighted by atomic mass is 10.1. The Morgan fingerprint density at radius 2 is 1.97 bits per heavy atom. The van der Waals surface area contributed by atoms with E-state index in [-0.39, 0.29) is 17.3 Å². The van der Waals surface area contributed by atoms with Crippen molar-refractivity contribution in [1.82, 2.24) is 15.0 Å². The summed E-state index contributed by atoms with van der Waals surface area (Å²) in [5, 5.41) is 3.92. The minimum atomic E-state index is -3.78. The zero-order valence-corrected chi connectivity index (χ0v) is 19.1. The van der Waals surface area contributed by atoms with Crippen molar-refractivity contribution in [3.63, 3.8) is 0 Å². The van der Waals surface area contributed by atoms with Gasteiger partial charge in [0.05, 0.1) is 32.9 Å². The van der Waals surface area contributed by atoms with Crippen LogP contribution in [0, 0.1) is 6.92 Å². The topological polar surface area (TPSA) is 101 Å². The fourth-order valence-corrected chi connectivity index (χ4v) is 5.27. The van der Waals surface area contributed by atoms with E-state index in [2.05, 4.69) is 15.0 Å². The van der Waals surface area contributed by atoms with Crippen molar-refractivity contribution in [3.05, 3.63) is 82.8 Å². The zero-order valence-electron chi connectivity index (χ0n) is 17.5. The number of rotatable bonds is 9. The fourth-order valence-electron chi connectivity index (χ4n) is 3.24. The molecule has 7 nitrogen and oxygen atoms in total. The van der Waals surface area contributed by atoms with Crippen LogP contribution in [0.4, 0.5) is 0 Å². The molecule has 0 saturated carbocycles. The summed E-state index contributed by atoms with van der Waals surface area (Å²) in [6.45, 7) is 2.29. The average molecular weight is 470 g/mol. The number of fused-ring (bicyclic) bond motifs is 1. The normalized spacial score (nSPS) is 11.7. The first-order valence-corrected chi connectivity index (χ1v) is 12.5. The van der Waals surface area contributed by atoms with Crippen molar-refractivity contribution in [2.75, 3.05) is 6.54 Å². The highest BCUT2D eigenvalue weighted by atomic mass is 32.2. The summed E-state index contributed by atoms with van der Waals surface area (Å²) in [4.78, 5) is 17.3. The molecule has 0 aliphatic heterocycles. The van der Waals surface area contributed by atoms with Crippen LogP contribution in [0.3, 0.4) is 0 Å². The maximum absolute atomic E-state index is 12.7. The molecular weight excluding hydrogens is 446 g/mol. The van der Waals surface area contributed by atoms with Crippen molar-refractivity contribution < 1.29 is 17.6 Å². The monoisotopic (exact) mass is 469 g/mol. The number of para-hydroxylation sites is 1. The maximum Gasteiger partial charge on any atom is 0.251 e.